The first kappa shape index (κ1) is 12.3. The highest BCUT2D eigenvalue weighted by Crippen LogP contribution is 2.35. The van der Waals surface area contributed by atoms with Gasteiger partial charge in [-0.3, -0.25) is 0 Å². The van der Waals surface area contributed by atoms with E-state index in [0.717, 1.165) is 5.56 Å². The number of benzene rings is 1. The Hall–Kier alpha value is -1.79. The second-order valence-electron chi connectivity index (χ2n) is 4.59. The van der Waals surface area contributed by atoms with Crippen LogP contribution in [0.1, 0.15) is 12.5 Å². The lowest BCUT2D eigenvalue weighted by molar-refractivity contribution is -0.186. The van der Waals surface area contributed by atoms with Gasteiger partial charge in [-0.1, -0.05) is 12.1 Å². The molecule has 0 amide bonds. The summed E-state index contributed by atoms with van der Waals surface area (Å²) in [7, 11) is 0. The maximum atomic E-state index is 13.0. The lowest BCUT2D eigenvalue weighted by Gasteiger charge is -2.28. The molecule has 1 aliphatic rings. The summed E-state index contributed by atoms with van der Waals surface area (Å²) in [4.78, 5) is 3.90. The SMILES string of the molecule is C[C@@H]1CO[C@](Cn2cncn2)(c2ccc(F)cc2)O1. The van der Waals surface area contributed by atoms with Gasteiger partial charge < -0.3 is 9.47 Å². The Morgan fingerprint density at radius 3 is 2.79 bits per heavy atom. The summed E-state index contributed by atoms with van der Waals surface area (Å²) in [5, 5.41) is 4.06. The van der Waals surface area contributed by atoms with Crippen LogP contribution in [0.2, 0.25) is 0 Å². The molecular formula is C13H14FN3O2. The molecule has 0 N–H and O–H groups in total. The smallest absolute Gasteiger partial charge is 0.215 e. The van der Waals surface area contributed by atoms with Gasteiger partial charge in [0, 0.05) is 5.56 Å². The normalized spacial score (nSPS) is 26.7. The largest absolute Gasteiger partial charge is 0.342 e. The first-order valence-electron chi connectivity index (χ1n) is 6.08. The van der Waals surface area contributed by atoms with Crippen LogP contribution in [0.3, 0.4) is 0 Å². The maximum Gasteiger partial charge on any atom is 0.215 e. The van der Waals surface area contributed by atoms with Crippen LogP contribution >= 0.6 is 0 Å². The van der Waals surface area contributed by atoms with Crippen LogP contribution in [-0.4, -0.2) is 27.5 Å². The number of aromatic nitrogens is 3. The van der Waals surface area contributed by atoms with Crippen molar-refractivity contribution in [3.63, 3.8) is 0 Å². The second kappa shape index (κ2) is 4.71. The van der Waals surface area contributed by atoms with E-state index in [2.05, 4.69) is 10.1 Å². The third-order valence-electron chi connectivity index (χ3n) is 3.06. The Kier molecular flexibility index (Phi) is 3.04. The van der Waals surface area contributed by atoms with Crippen molar-refractivity contribution in [3.8, 4) is 0 Å². The van der Waals surface area contributed by atoms with Crippen LogP contribution < -0.4 is 0 Å². The molecule has 3 rings (SSSR count). The van der Waals surface area contributed by atoms with Gasteiger partial charge in [0.1, 0.15) is 25.0 Å². The highest BCUT2D eigenvalue weighted by atomic mass is 19.1. The van der Waals surface area contributed by atoms with Gasteiger partial charge in [-0.2, -0.15) is 5.10 Å². The Labute approximate surface area is 110 Å². The predicted octanol–water partition coefficient (Wildman–Crippen LogP) is 1.71. The fourth-order valence-corrected chi connectivity index (χ4v) is 2.20. The highest BCUT2D eigenvalue weighted by Gasteiger charge is 2.42. The van der Waals surface area contributed by atoms with Gasteiger partial charge in [-0.25, -0.2) is 14.1 Å². The summed E-state index contributed by atoms with van der Waals surface area (Å²) in [6.07, 6.45) is 3.03. The van der Waals surface area contributed by atoms with Crippen LogP contribution in [0.4, 0.5) is 4.39 Å². The molecule has 6 heteroatoms. The Balaban J connectivity index is 1.95. The fourth-order valence-electron chi connectivity index (χ4n) is 2.20. The van der Waals surface area contributed by atoms with Crippen LogP contribution in [-0.2, 0) is 21.8 Å². The fraction of sp³-hybridized carbons (Fsp3) is 0.385. The standard InChI is InChI=1S/C13H14FN3O2/c1-10-6-18-13(19-10,7-17-9-15-8-16-17)11-2-4-12(14)5-3-11/h2-5,8-10H,6-7H2,1H3/t10-,13+/m1/s1. The van der Waals surface area contributed by atoms with Crippen molar-refractivity contribution in [2.24, 2.45) is 0 Å². The molecule has 5 nitrogen and oxygen atoms in total. The molecular weight excluding hydrogens is 249 g/mol. The number of hydrogen-bond donors (Lipinski definition) is 0. The van der Waals surface area contributed by atoms with Crippen LogP contribution in [0.5, 0.6) is 0 Å². The van der Waals surface area contributed by atoms with Gasteiger partial charge >= 0.3 is 0 Å². The van der Waals surface area contributed by atoms with Crippen molar-refractivity contribution in [3.05, 3.63) is 48.3 Å². The zero-order chi connectivity index (χ0) is 13.3. The maximum absolute atomic E-state index is 13.0. The average molecular weight is 263 g/mol. The van der Waals surface area contributed by atoms with E-state index in [1.807, 2.05) is 6.92 Å². The minimum Gasteiger partial charge on any atom is -0.342 e. The third-order valence-corrected chi connectivity index (χ3v) is 3.06. The van der Waals surface area contributed by atoms with Crippen molar-refractivity contribution in [2.75, 3.05) is 6.61 Å². The summed E-state index contributed by atoms with van der Waals surface area (Å²) in [5.41, 5.74) is 0.772. The number of nitrogens with zero attached hydrogens (tertiary/aromatic N) is 3. The Morgan fingerprint density at radius 2 is 2.21 bits per heavy atom. The van der Waals surface area contributed by atoms with E-state index in [0.29, 0.717) is 13.2 Å². The Morgan fingerprint density at radius 1 is 1.42 bits per heavy atom. The molecule has 2 atom stereocenters. The molecule has 1 aliphatic heterocycles. The average Bonchev–Trinajstić information content (AvgIpc) is 3.01. The van der Waals surface area contributed by atoms with Gasteiger partial charge in [0.2, 0.25) is 5.79 Å². The van der Waals surface area contributed by atoms with E-state index in [-0.39, 0.29) is 11.9 Å². The van der Waals surface area contributed by atoms with E-state index in [1.165, 1.54) is 18.5 Å². The minimum atomic E-state index is -0.930. The minimum absolute atomic E-state index is 0.0198. The number of rotatable bonds is 3. The lowest BCUT2D eigenvalue weighted by atomic mass is 10.1. The second-order valence-corrected chi connectivity index (χ2v) is 4.59. The number of halogens is 1. The van der Waals surface area contributed by atoms with Gasteiger partial charge in [0.15, 0.2) is 0 Å². The quantitative estimate of drug-likeness (QED) is 0.845. The number of ether oxygens (including phenoxy) is 2. The van der Waals surface area contributed by atoms with Gasteiger partial charge in [0.25, 0.3) is 0 Å². The molecule has 2 aromatic rings. The highest BCUT2D eigenvalue weighted by molar-refractivity contribution is 5.22. The molecule has 100 valence electrons. The molecule has 0 spiro atoms. The van der Waals surface area contributed by atoms with Crippen molar-refractivity contribution in [1.82, 2.24) is 14.8 Å². The molecule has 1 aromatic carbocycles. The molecule has 19 heavy (non-hydrogen) atoms. The predicted molar refractivity (Wildman–Crippen MR) is 64.6 cm³/mol. The zero-order valence-electron chi connectivity index (χ0n) is 10.5. The molecule has 2 heterocycles. The molecule has 1 saturated heterocycles. The van der Waals surface area contributed by atoms with Crippen molar-refractivity contribution < 1.29 is 13.9 Å². The summed E-state index contributed by atoms with van der Waals surface area (Å²) < 4.78 is 26.4. The van der Waals surface area contributed by atoms with Crippen LogP contribution in [0, 0.1) is 5.82 Å². The van der Waals surface area contributed by atoms with Crippen LogP contribution in [0.25, 0.3) is 0 Å². The van der Waals surface area contributed by atoms with Crippen molar-refractivity contribution in [1.29, 1.82) is 0 Å². The van der Waals surface area contributed by atoms with Crippen molar-refractivity contribution >= 4 is 0 Å². The van der Waals surface area contributed by atoms with Gasteiger partial charge in [-0.15, -0.1) is 0 Å². The van der Waals surface area contributed by atoms with Gasteiger partial charge in [-0.05, 0) is 19.1 Å². The van der Waals surface area contributed by atoms with E-state index < -0.39 is 5.79 Å². The van der Waals surface area contributed by atoms with E-state index >= 15 is 0 Å². The first-order chi connectivity index (χ1) is 9.18. The number of hydrogen-bond acceptors (Lipinski definition) is 4. The Bertz CT molecular complexity index is 544. The molecule has 1 fully saturated rings. The van der Waals surface area contributed by atoms with Crippen LogP contribution in [0.15, 0.2) is 36.9 Å². The summed E-state index contributed by atoms with van der Waals surface area (Å²) in [6, 6.07) is 6.14. The third kappa shape index (κ3) is 2.36. The molecule has 1 aromatic heterocycles. The lowest BCUT2D eigenvalue weighted by Crippen LogP contribution is -2.33. The topological polar surface area (TPSA) is 49.2 Å². The summed E-state index contributed by atoms with van der Waals surface area (Å²) in [5.74, 6) is -1.22. The first-order valence-corrected chi connectivity index (χ1v) is 6.08. The molecule has 0 bridgehead atoms. The van der Waals surface area contributed by atoms with E-state index in [1.54, 1.807) is 23.1 Å². The van der Waals surface area contributed by atoms with Crippen molar-refractivity contribution in [2.45, 2.75) is 25.4 Å². The van der Waals surface area contributed by atoms with E-state index in [4.69, 9.17) is 9.47 Å². The summed E-state index contributed by atoms with van der Waals surface area (Å²) >= 11 is 0. The molecule has 0 saturated carbocycles. The van der Waals surface area contributed by atoms with Gasteiger partial charge in [0.05, 0.1) is 12.7 Å². The summed E-state index contributed by atoms with van der Waals surface area (Å²) in [6.45, 7) is 2.81. The van der Waals surface area contributed by atoms with E-state index in [9.17, 15) is 4.39 Å². The monoisotopic (exact) mass is 263 g/mol. The molecule has 0 aliphatic carbocycles. The zero-order valence-corrected chi connectivity index (χ0v) is 10.5. The molecule has 0 unspecified atom stereocenters. The molecule has 0 radical (unpaired) electrons.